The summed E-state index contributed by atoms with van der Waals surface area (Å²) in [7, 11) is 0. The van der Waals surface area contributed by atoms with Gasteiger partial charge in [0.1, 0.15) is 0 Å². The van der Waals surface area contributed by atoms with Crippen LogP contribution in [0.2, 0.25) is 0 Å². The van der Waals surface area contributed by atoms with E-state index in [2.05, 4.69) is 20.8 Å². The Morgan fingerprint density at radius 3 is 2.47 bits per heavy atom. The van der Waals surface area contributed by atoms with Gasteiger partial charge in [0.15, 0.2) is 5.82 Å². The number of nitrogens with zero attached hydrogens (tertiary/aromatic N) is 4. The van der Waals surface area contributed by atoms with Gasteiger partial charge in [0.05, 0.1) is 17.0 Å². The molecule has 6 nitrogen and oxygen atoms in total. The molecule has 0 saturated heterocycles. The Balaban J connectivity index is 1.49. The van der Waals surface area contributed by atoms with Crippen LogP contribution in [-0.2, 0) is 5.75 Å². The third kappa shape index (κ3) is 4.72. The van der Waals surface area contributed by atoms with E-state index in [-0.39, 0.29) is 5.91 Å². The topological polar surface area (TPSA) is 72.7 Å². The maximum absolute atomic E-state index is 12.9. The van der Waals surface area contributed by atoms with E-state index < -0.39 is 0 Å². The van der Waals surface area contributed by atoms with E-state index in [1.54, 1.807) is 16.4 Å². The largest absolute Gasteiger partial charge is 0.322 e. The van der Waals surface area contributed by atoms with Gasteiger partial charge in [-0.2, -0.15) is 4.68 Å². The Morgan fingerprint density at radius 2 is 1.70 bits per heavy atom. The molecule has 0 unspecified atom stereocenters. The Hall–Kier alpha value is -3.10. The minimum Gasteiger partial charge on any atom is -0.322 e. The van der Waals surface area contributed by atoms with Gasteiger partial charge >= 0.3 is 0 Å². The lowest BCUT2D eigenvalue weighted by atomic mass is 10.2. The first-order chi connectivity index (χ1) is 14.7. The second-order valence-corrected chi connectivity index (χ2v) is 8.21. The molecule has 8 heteroatoms. The highest BCUT2D eigenvalue weighted by Gasteiger charge is 2.14. The fraction of sp³-hybridized carbons (Fsp3) is 0.0909. The van der Waals surface area contributed by atoms with Crippen molar-refractivity contribution in [2.75, 3.05) is 11.6 Å². The zero-order valence-corrected chi connectivity index (χ0v) is 17.9. The summed E-state index contributed by atoms with van der Waals surface area (Å²) in [5.74, 6) is 1.11. The number of thioether (sulfide) groups is 2. The smallest absolute Gasteiger partial charge is 0.256 e. The minimum atomic E-state index is -0.141. The zero-order chi connectivity index (χ0) is 20.8. The molecule has 30 heavy (non-hydrogen) atoms. The number of aromatic nitrogens is 4. The lowest BCUT2D eigenvalue weighted by Crippen LogP contribution is -2.13. The van der Waals surface area contributed by atoms with E-state index in [1.165, 1.54) is 11.8 Å². The van der Waals surface area contributed by atoms with Gasteiger partial charge in [0.2, 0.25) is 0 Å². The summed E-state index contributed by atoms with van der Waals surface area (Å²) >= 11 is 3.20. The minimum absolute atomic E-state index is 0.141. The number of amides is 1. The van der Waals surface area contributed by atoms with Gasteiger partial charge in [-0.1, -0.05) is 30.3 Å². The van der Waals surface area contributed by atoms with E-state index in [0.717, 1.165) is 21.2 Å². The summed E-state index contributed by atoms with van der Waals surface area (Å²) in [6.07, 6.45) is 2.02. The number of rotatable bonds is 7. The molecule has 0 aliphatic heterocycles. The molecule has 0 spiro atoms. The van der Waals surface area contributed by atoms with Crippen molar-refractivity contribution < 1.29 is 4.79 Å². The molecule has 0 radical (unpaired) electrons. The van der Waals surface area contributed by atoms with Crippen molar-refractivity contribution in [2.45, 2.75) is 15.5 Å². The van der Waals surface area contributed by atoms with Crippen molar-refractivity contribution in [2.24, 2.45) is 0 Å². The molecule has 0 atom stereocenters. The van der Waals surface area contributed by atoms with E-state index >= 15 is 0 Å². The first kappa shape index (κ1) is 20.2. The summed E-state index contributed by atoms with van der Waals surface area (Å²) in [6.45, 7) is 0. The Morgan fingerprint density at radius 1 is 0.967 bits per heavy atom. The van der Waals surface area contributed by atoms with Gasteiger partial charge in [-0.3, -0.25) is 4.79 Å². The van der Waals surface area contributed by atoms with E-state index in [0.29, 0.717) is 17.1 Å². The maximum atomic E-state index is 12.9. The van der Waals surface area contributed by atoms with Crippen LogP contribution in [0.4, 0.5) is 5.69 Å². The van der Waals surface area contributed by atoms with E-state index in [9.17, 15) is 4.79 Å². The third-order valence-electron chi connectivity index (χ3n) is 4.37. The highest BCUT2D eigenvalue weighted by atomic mass is 32.2. The number of carbonyl (C=O) groups excluding carboxylic acids is 1. The van der Waals surface area contributed by atoms with Gasteiger partial charge in [-0.05, 0) is 65.2 Å². The van der Waals surface area contributed by atoms with Gasteiger partial charge in [-0.15, -0.1) is 28.6 Å². The molecule has 1 aromatic heterocycles. The van der Waals surface area contributed by atoms with Crippen LogP contribution in [0.1, 0.15) is 16.2 Å². The molecule has 4 rings (SSSR count). The van der Waals surface area contributed by atoms with Crippen molar-refractivity contribution in [3.05, 3.63) is 90.3 Å². The van der Waals surface area contributed by atoms with E-state index in [1.807, 2.05) is 85.1 Å². The number of hydrogen-bond acceptors (Lipinski definition) is 6. The van der Waals surface area contributed by atoms with Crippen molar-refractivity contribution in [1.82, 2.24) is 20.2 Å². The molecule has 0 aliphatic rings. The summed E-state index contributed by atoms with van der Waals surface area (Å²) in [5, 5.41) is 15.0. The number of carbonyl (C=O) groups is 1. The molecular formula is C22H19N5OS2. The molecule has 0 saturated carbocycles. The number of para-hydroxylation sites is 1. The number of nitrogens with one attached hydrogen (secondary N) is 1. The van der Waals surface area contributed by atoms with Crippen LogP contribution < -0.4 is 5.32 Å². The Bertz CT molecular complexity index is 1130. The number of anilines is 1. The van der Waals surface area contributed by atoms with Crippen molar-refractivity contribution in [1.29, 1.82) is 0 Å². The first-order valence-electron chi connectivity index (χ1n) is 9.24. The van der Waals surface area contributed by atoms with Crippen LogP contribution in [0.15, 0.2) is 88.7 Å². The van der Waals surface area contributed by atoms with Crippen molar-refractivity contribution in [3.8, 4) is 5.69 Å². The van der Waals surface area contributed by atoms with Gasteiger partial charge < -0.3 is 5.32 Å². The highest BCUT2D eigenvalue weighted by molar-refractivity contribution is 7.98. The summed E-state index contributed by atoms with van der Waals surface area (Å²) in [6, 6.07) is 25.1. The van der Waals surface area contributed by atoms with Crippen molar-refractivity contribution in [3.63, 3.8) is 0 Å². The quantitative estimate of drug-likeness (QED) is 0.417. The zero-order valence-electron chi connectivity index (χ0n) is 16.2. The average molecular weight is 434 g/mol. The van der Waals surface area contributed by atoms with E-state index in [4.69, 9.17) is 0 Å². The van der Waals surface area contributed by atoms with Crippen LogP contribution in [0, 0.1) is 0 Å². The van der Waals surface area contributed by atoms with Crippen LogP contribution >= 0.6 is 23.5 Å². The van der Waals surface area contributed by atoms with Crippen LogP contribution in [0.25, 0.3) is 5.69 Å². The Labute approximate surface area is 183 Å². The predicted octanol–water partition coefficient (Wildman–Crippen LogP) is 4.93. The number of hydrogen-bond donors (Lipinski definition) is 1. The fourth-order valence-electron chi connectivity index (χ4n) is 2.86. The molecule has 0 fully saturated rings. The van der Waals surface area contributed by atoms with Crippen LogP contribution in [0.3, 0.4) is 0 Å². The second-order valence-electron chi connectivity index (χ2n) is 6.31. The summed E-state index contributed by atoms with van der Waals surface area (Å²) < 4.78 is 1.71. The first-order valence-corrected chi connectivity index (χ1v) is 11.5. The average Bonchev–Trinajstić information content (AvgIpc) is 3.27. The van der Waals surface area contributed by atoms with Crippen LogP contribution in [-0.4, -0.2) is 32.4 Å². The maximum Gasteiger partial charge on any atom is 0.256 e. The molecule has 3 aromatic carbocycles. The molecule has 4 aromatic rings. The van der Waals surface area contributed by atoms with Gasteiger partial charge in [-0.25, -0.2) is 0 Å². The number of tetrazole rings is 1. The fourth-order valence-corrected chi connectivity index (χ4v) is 4.22. The summed E-state index contributed by atoms with van der Waals surface area (Å²) in [5.41, 5.74) is 2.29. The predicted molar refractivity (Wildman–Crippen MR) is 121 cm³/mol. The normalized spacial score (nSPS) is 10.7. The monoisotopic (exact) mass is 433 g/mol. The number of benzene rings is 3. The SMILES string of the molecule is CSc1ccc(NC(=O)c2ccccc2SCc2nnnn2-c2ccccc2)cc1. The standard InChI is InChI=1S/C22H19N5OS2/c1-29-18-13-11-16(12-14-18)23-22(28)19-9-5-6-10-20(19)30-15-21-24-25-26-27(21)17-7-3-2-4-8-17/h2-14H,15H2,1H3,(H,23,28). The lowest BCUT2D eigenvalue weighted by Gasteiger charge is -2.10. The van der Waals surface area contributed by atoms with Crippen LogP contribution in [0.5, 0.6) is 0 Å². The summed E-state index contributed by atoms with van der Waals surface area (Å²) in [4.78, 5) is 14.9. The lowest BCUT2D eigenvalue weighted by molar-refractivity contribution is 0.102. The van der Waals surface area contributed by atoms with Gasteiger partial charge in [0.25, 0.3) is 5.91 Å². The highest BCUT2D eigenvalue weighted by Crippen LogP contribution is 2.27. The van der Waals surface area contributed by atoms with Crippen molar-refractivity contribution >= 4 is 35.1 Å². The molecule has 0 bridgehead atoms. The van der Waals surface area contributed by atoms with Gasteiger partial charge in [0, 0.05) is 15.5 Å². The molecule has 1 heterocycles. The third-order valence-corrected chi connectivity index (χ3v) is 6.18. The Kier molecular flexibility index (Phi) is 6.46. The molecule has 0 aliphatic carbocycles. The molecular weight excluding hydrogens is 414 g/mol. The second kappa shape index (κ2) is 9.60. The molecule has 1 amide bonds. The molecule has 150 valence electrons. The molecule has 1 N–H and O–H groups in total.